The standard InChI is InChI=1S/C15H23BO2/c1-12-8-6-7-9-13(12)10-11-16-17-14(2,3)15(4,5)18-16/h6-9H,10-11H2,1-5H3. The van der Waals surface area contributed by atoms with Crippen molar-refractivity contribution in [3.8, 4) is 0 Å². The van der Waals surface area contributed by atoms with Crippen molar-refractivity contribution >= 4 is 7.12 Å². The SMILES string of the molecule is Cc1ccccc1CCB1OC(C)(C)C(C)(C)O1. The van der Waals surface area contributed by atoms with E-state index in [-0.39, 0.29) is 18.3 Å². The second-order valence-electron chi connectivity index (χ2n) is 6.15. The molecule has 0 aromatic heterocycles. The van der Waals surface area contributed by atoms with Gasteiger partial charge in [0.25, 0.3) is 0 Å². The third-order valence-electron chi connectivity index (χ3n) is 4.21. The molecule has 2 nitrogen and oxygen atoms in total. The first-order chi connectivity index (χ1) is 8.32. The van der Waals surface area contributed by atoms with E-state index in [0.717, 1.165) is 12.7 Å². The summed E-state index contributed by atoms with van der Waals surface area (Å²) in [4.78, 5) is 0. The summed E-state index contributed by atoms with van der Waals surface area (Å²) < 4.78 is 12.0. The minimum atomic E-state index is -0.219. The molecule has 0 unspecified atom stereocenters. The van der Waals surface area contributed by atoms with Crippen LogP contribution in [0.3, 0.4) is 0 Å². The molecule has 2 rings (SSSR count). The van der Waals surface area contributed by atoms with E-state index in [1.807, 2.05) is 0 Å². The summed E-state index contributed by atoms with van der Waals surface area (Å²) in [6.45, 7) is 10.5. The molecule has 0 N–H and O–H groups in total. The van der Waals surface area contributed by atoms with Crippen LogP contribution in [0.5, 0.6) is 0 Å². The first kappa shape index (κ1) is 13.6. The molecule has 18 heavy (non-hydrogen) atoms. The molecule has 0 atom stereocenters. The minimum absolute atomic E-state index is 0.0883. The van der Waals surface area contributed by atoms with Gasteiger partial charge in [0, 0.05) is 0 Å². The number of hydrogen-bond donors (Lipinski definition) is 0. The first-order valence-corrected chi connectivity index (χ1v) is 6.72. The van der Waals surface area contributed by atoms with Gasteiger partial charge in [0.15, 0.2) is 0 Å². The van der Waals surface area contributed by atoms with Crippen LogP contribution >= 0.6 is 0 Å². The van der Waals surface area contributed by atoms with Crippen LogP contribution in [0, 0.1) is 6.92 Å². The largest absolute Gasteiger partial charge is 0.458 e. The van der Waals surface area contributed by atoms with E-state index in [4.69, 9.17) is 9.31 Å². The summed E-state index contributed by atoms with van der Waals surface area (Å²) in [5.74, 6) is 0. The van der Waals surface area contributed by atoms with Crippen molar-refractivity contribution in [3.05, 3.63) is 35.4 Å². The Bertz CT molecular complexity index is 410. The van der Waals surface area contributed by atoms with Gasteiger partial charge in [0.1, 0.15) is 0 Å². The van der Waals surface area contributed by atoms with Crippen molar-refractivity contribution in [3.63, 3.8) is 0 Å². The highest BCUT2D eigenvalue weighted by Gasteiger charge is 2.50. The van der Waals surface area contributed by atoms with Gasteiger partial charge in [0.2, 0.25) is 0 Å². The van der Waals surface area contributed by atoms with Crippen LogP contribution in [-0.2, 0) is 15.7 Å². The Morgan fingerprint density at radius 2 is 1.56 bits per heavy atom. The number of benzene rings is 1. The van der Waals surface area contributed by atoms with E-state index < -0.39 is 0 Å². The molecule has 0 bridgehead atoms. The van der Waals surface area contributed by atoms with Crippen molar-refractivity contribution in [2.24, 2.45) is 0 Å². The molecule has 0 aliphatic carbocycles. The smallest absolute Gasteiger partial charge is 0.403 e. The third-order valence-corrected chi connectivity index (χ3v) is 4.21. The molecule has 1 aliphatic heterocycles. The van der Waals surface area contributed by atoms with E-state index in [1.165, 1.54) is 11.1 Å². The lowest BCUT2D eigenvalue weighted by Gasteiger charge is -2.32. The Hall–Kier alpha value is -0.795. The number of hydrogen-bond acceptors (Lipinski definition) is 2. The lowest BCUT2D eigenvalue weighted by atomic mass is 9.81. The first-order valence-electron chi connectivity index (χ1n) is 6.72. The zero-order chi connectivity index (χ0) is 13.4. The monoisotopic (exact) mass is 246 g/mol. The molecule has 98 valence electrons. The topological polar surface area (TPSA) is 18.5 Å². The zero-order valence-electron chi connectivity index (χ0n) is 12.1. The fourth-order valence-corrected chi connectivity index (χ4v) is 2.25. The highest BCUT2D eigenvalue weighted by Crippen LogP contribution is 2.37. The summed E-state index contributed by atoms with van der Waals surface area (Å²) in [6.07, 6.45) is 1.92. The van der Waals surface area contributed by atoms with Crippen LogP contribution in [0.4, 0.5) is 0 Å². The number of aryl methyl sites for hydroxylation is 2. The van der Waals surface area contributed by atoms with Gasteiger partial charge < -0.3 is 9.31 Å². The predicted molar refractivity (Wildman–Crippen MR) is 75.8 cm³/mol. The fourth-order valence-electron chi connectivity index (χ4n) is 2.25. The zero-order valence-corrected chi connectivity index (χ0v) is 12.1. The molecule has 1 aromatic rings. The summed E-state index contributed by atoms with van der Waals surface area (Å²) in [6, 6.07) is 8.50. The van der Waals surface area contributed by atoms with Crippen molar-refractivity contribution in [2.75, 3.05) is 0 Å². The molecule has 3 heteroatoms. The third kappa shape index (κ3) is 2.62. The van der Waals surface area contributed by atoms with Crippen LogP contribution in [0.25, 0.3) is 0 Å². The van der Waals surface area contributed by atoms with Gasteiger partial charge in [-0.05, 0) is 58.5 Å². The van der Waals surface area contributed by atoms with Crippen molar-refractivity contribution in [2.45, 2.75) is 58.6 Å². The second kappa shape index (κ2) is 4.71. The Morgan fingerprint density at radius 1 is 1.00 bits per heavy atom. The molecule has 0 radical (unpaired) electrons. The van der Waals surface area contributed by atoms with Gasteiger partial charge in [-0.2, -0.15) is 0 Å². The highest BCUT2D eigenvalue weighted by atomic mass is 16.7. The van der Waals surface area contributed by atoms with E-state index in [9.17, 15) is 0 Å². The van der Waals surface area contributed by atoms with E-state index in [1.54, 1.807) is 0 Å². The summed E-state index contributed by atoms with van der Waals surface area (Å²) >= 11 is 0. The average molecular weight is 246 g/mol. The van der Waals surface area contributed by atoms with Crippen LogP contribution < -0.4 is 0 Å². The van der Waals surface area contributed by atoms with Gasteiger partial charge in [-0.1, -0.05) is 24.3 Å². The van der Waals surface area contributed by atoms with Crippen molar-refractivity contribution in [1.82, 2.24) is 0 Å². The van der Waals surface area contributed by atoms with Gasteiger partial charge >= 0.3 is 7.12 Å². The van der Waals surface area contributed by atoms with Gasteiger partial charge in [0.05, 0.1) is 11.2 Å². The molecular formula is C15H23BO2. The predicted octanol–water partition coefficient (Wildman–Crippen LogP) is 3.63. The lowest BCUT2D eigenvalue weighted by Crippen LogP contribution is -2.41. The molecular weight excluding hydrogens is 223 g/mol. The van der Waals surface area contributed by atoms with Crippen LogP contribution in [0.2, 0.25) is 6.32 Å². The quantitative estimate of drug-likeness (QED) is 0.758. The van der Waals surface area contributed by atoms with Gasteiger partial charge in [-0.25, -0.2) is 0 Å². The summed E-state index contributed by atoms with van der Waals surface area (Å²) in [5, 5.41) is 0. The maximum atomic E-state index is 6.00. The molecule has 1 aromatic carbocycles. The fraction of sp³-hybridized carbons (Fsp3) is 0.600. The van der Waals surface area contributed by atoms with Crippen molar-refractivity contribution in [1.29, 1.82) is 0 Å². The molecule has 1 heterocycles. The summed E-state index contributed by atoms with van der Waals surface area (Å²) in [5.41, 5.74) is 2.29. The molecule has 1 aliphatic rings. The van der Waals surface area contributed by atoms with Crippen LogP contribution in [-0.4, -0.2) is 18.3 Å². The van der Waals surface area contributed by atoms with Crippen LogP contribution in [0.15, 0.2) is 24.3 Å². The summed E-state index contributed by atoms with van der Waals surface area (Å²) in [7, 11) is -0.0883. The molecule has 0 amide bonds. The normalized spacial score (nSPS) is 21.3. The van der Waals surface area contributed by atoms with E-state index in [0.29, 0.717) is 0 Å². The highest BCUT2D eigenvalue weighted by molar-refractivity contribution is 6.45. The lowest BCUT2D eigenvalue weighted by molar-refractivity contribution is 0.00578. The maximum absolute atomic E-state index is 6.00. The van der Waals surface area contributed by atoms with Crippen LogP contribution in [0.1, 0.15) is 38.8 Å². The Balaban J connectivity index is 1.96. The van der Waals surface area contributed by atoms with Gasteiger partial charge in [-0.3, -0.25) is 0 Å². The molecule has 0 saturated carbocycles. The van der Waals surface area contributed by atoms with Gasteiger partial charge in [-0.15, -0.1) is 0 Å². The molecule has 0 spiro atoms. The van der Waals surface area contributed by atoms with E-state index in [2.05, 4.69) is 58.9 Å². The Labute approximate surface area is 111 Å². The van der Waals surface area contributed by atoms with E-state index >= 15 is 0 Å². The molecule has 1 fully saturated rings. The number of rotatable bonds is 3. The maximum Gasteiger partial charge on any atom is 0.458 e. The average Bonchev–Trinajstić information content (AvgIpc) is 2.46. The Morgan fingerprint density at radius 3 is 2.11 bits per heavy atom. The second-order valence-corrected chi connectivity index (χ2v) is 6.15. The minimum Gasteiger partial charge on any atom is -0.403 e. The molecule has 1 saturated heterocycles. The Kier molecular flexibility index (Phi) is 3.57. The van der Waals surface area contributed by atoms with Crippen molar-refractivity contribution < 1.29 is 9.31 Å².